The SMILES string of the molecule is C=C1N(c2c(Cl)cc(C#N)c3sc(C)nc23)C(=O)N2CCCCN12. The third-order valence-electron chi connectivity index (χ3n) is 4.29. The first kappa shape index (κ1) is 15.2. The largest absolute Gasteiger partial charge is 0.349 e. The molecule has 3 heterocycles. The molecule has 2 saturated heterocycles. The molecular formula is C16H14ClN5OS. The van der Waals surface area contributed by atoms with Crippen molar-refractivity contribution >= 4 is 44.9 Å². The summed E-state index contributed by atoms with van der Waals surface area (Å²) in [6.07, 6.45) is 1.98. The second-order valence-corrected chi connectivity index (χ2v) is 7.37. The molecule has 1 aromatic carbocycles. The van der Waals surface area contributed by atoms with Gasteiger partial charge in [-0.2, -0.15) is 5.26 Å². The van der Waals surface area contributed by atoms with Gasteiger partial charge in [0.2, 0.25) is 0 Å². The van der Waals surface area contributed by atoms with E-state index >= 15 is 0 Å². The third kappa shape index (κ3) is 2.00. The lowest BCUT2D eigenvalue weighted by Gasteiger charge is -2.32. The van der Waals surface area contributed by atoms with Gasteiger partial charge >= 0.3 is 6.03 Å². The molecule has 2 aliphatic heterocycles. The highest BCUT2D eigenvalue weighted by Crippen LogP contribution is 2.43. The summed E-state index contributed by atoms with van der Waals surface area (Å²) in [5.41, 5.74) is 1.57. The Hall–Kier alpha value is -2.30. The van der Waals surface area contributed by atoms with Gasteiger partial charge in [0, 0.05) is 13.1 Å². The summed E-state index contributed by atoms with van der Waals surface area (Å²) in [4.78, 5) is 19.0. The highest BCUT2D eigenvalue weighted by molar-refractivity contribution is 7.18. The van der Waals surface area contributed by atoms with Gasteiger partial charge < -0.3 is 0 Å². The number of benzene rings is 1. The predicted molar refractivity (Wildman–Crippen MR) is 93.7 cm³/mol. The number of nitrogens with zero attached hydrogens (tertiary/aromatic N) is 5. The number of urea groups is 1. The Morgan fingerprint density at radius 2 is 2.08 bits per heavy atom. The molecule has 0 bridgehead atoms. The molecule has 0 saturated carbocycles. The van der Waals surface area contributed by atoms with Crippen LogP contribution in [0.15, 0.2) is 18.5 Å². The number of nitriles is 1. The zero-order chi connectivity index (χ0) is 17.0. The van der Waals surface area contributed by atoms with E-state index < -0.39 is 0 Å². The summed E-state index contributed by atoms with van der Waals surface area (Å²) in [6, 6.07) is 3.59. The smallest absolute Gasteiger partial charge is 0.266 e. The summed E-state index contributed by atoms with van der Waals surface area (Å²) in [5, 5.41) is 14.1. The Morgan fingerprint density at radius 1 is 1.38 bits per heavy atom. The van der Waals surface area contributed by atoms with Gasteiger partial charge in [0.1, 0.15) is 17.4 Å². The van der Waals surface area contributed by atoms with Gasteiger partial charge in [0.05, 0.1) is 26.0 Å². The van der Waals surface area contributed by atoms with E-state index in [0.717, 1.165) is 29.1 Å². The molecule has 2 aromatic rings. The van der Waals surface area contributed by atoms with Gasteiger partial charge in [-0.1, -0.05) is 18.2 Å². The molecular weight excluding hydrogens is 346 g/mol. The quantitative estimate of drug-likeness (QED) is 0.775. The van der Waals surface area contributed by atoms with E-state index in [1.165, 1.54) is 16.2 Å². The standard InChI is InChI=1S/C16H14ClN5OS/c1-9-19-13-14(12(17)7-11(8-18)15(13)24-9)22-10(2)20-5-3-4-6-21(20)16(22)23/h7H,2-6H2,1H3. The van der Waals surface area contributed by atoms with E-state index in [9.17, 15) is 10.1 Å². The van der Waals surface area contributed by atoms with Crippen molar-refractivity contribution < 1.29 is 4.79 Å². The van der Waals surface area contributed by atoms with Crippen LogP contribution < -0.4 is 4.90 Å². The van der Waals surface area contributed by atoms with Crippen molar-refractivity contribution in [2.24, 2.45) is 0 Å². The van der Waals surface area contributed by atoms with Gasteiger partial charge in [-0.05, 0) is 25.8 Å². The van der Waals surface area contributed by atoms with Gasteiger partial charge in [-0.25, -0.2) is 19.7 Å². The number of amides is 2. The van der Waals surface area contributed by atoms with Gasteiger partial charge in [-0.15, -0.1) is 11.3 Å². The zero-order valence-electron chi connectivity index (χ0n) is 13.0. The van der Waals surface area contributed by atoms with Crippen LogP contribution in [0.2, 0.25) is 5.02 Å². The van der Waals surface area contributed by atoms with Crippen LogP contribution in [0.4, 0.5) is 10.5 Å². The van der Waals surface area contributed by atoms with E-state index in [0.29, 0.717) is 34.2 Å². The first-order valence-electron chi connectivity index (χ1n) is 7.60. The minimum atomic E-state index is -0.168. The van der Waals surface area contributed by atoms with Crippen molar-refractivity contribution in [1.29, 1.82) is 5.26 Å². The molecule has 4 rings (SSSR count). The summed E-state index contributed by atoms with van der Waals surface area (Å²) in [7, 11) is 0. The molecule has 0 radical (unpaired) electrons. The van der Waals surface area contributed by atoms with E-state index in [2.05, 4.69) is 17.6 Å². The number of aromatic nitrogens is 1. The maximum atomic E-state index is 12.9. The number of aryl methyl sites for hydroxylation is 1. The number of fused-ring (bicyclic) bond motifs is 2. The number of halogens is 1. The molecule has 0 unspecified atom stereocenters. The minimum absolute atomic E-state index is 0.168. The van der Waals surface area contributed by atoms with Crippen molar-refractivity contribution in [2.75, 3.05) is 18.0 Å². The van der Waals surface area contributed by atoms with Crippen LogP contribution in [-0.4, -0.2) is 34.1 Å². The van der Waals surface area contributed by atoms with Gasteiger partial charge in [-0.3, -0.25) is 5.01 Å². The molecule has 1 aromatic heterocycles. The Labute approximate surface area is 148 Å². The molecule has 6 nitrogen and oxygen atoms in total. The second kappa shape index (κ2) is 5.36. The highest BCUT2D eigenvalue weighted by Gasteiger charge is 2.42. The molecule has 122 valence electrons. The number of carbonyl (C=O) groups excluding carboxylic acids is 1. The lowest BCUT2D eigenvalue weighted by atomic mass is 10.2. The number of hydrazine groups is 1. The molecule has 24 heavy (non-hydrogen) atoms. The number of carbonyl (C=O) groups is 1. The fourth-order valence-electron chi connectivity index (χ4n) is 3.24. The number of rotatable bonds is 1. The second-order valence-electron chi connectivity index (χ2n) is 5.76. The van der Waals surface area contributed by atoms with E-state index in [-0.39, 0.29) is 6.03 Å². The van der Waals surface area contributed by atoms with Crippen molar-refractivity contribution in [3.8, 4) is 6.07 Å². The van der Waals surface area contributed by atoms with Crippen LogP contribution in [-0.2, 0) is 0 Å². The van der Waals surface area contributed by atoms with Crippen LogP contribution >= 0.6 is 22.9 Å². The summed E-state index contributed by atoms with van der Waals surface area (Å²) in [5.74, 6) is 0.582. The summed E-state index contributed by atoms with van der Waals surface area (Å²) < 4.78 is 0.745. The zero-order valence-corrected chi connectivity index (χ0v) is 14.6. The minimum Gasteiger partial charge on any atom is -0.266 e. The first-order valence-corrected chi connectivity index (χ1v) is 8.80. The first-order chi connectivity index (χ1) is 11.5. The Balaban J connectivity index is 1.94. The van der Waals surface area contributed by atoms with E-state index in [1.54, 1.807) is 11.1 Å². The van der Waals surface area contributed by atoms with Crippen molar-refractivity contribution in [2.45, 2.75) is 19.8 Å². The fraction of sp³-hybridized carbons (Fsp3) is 0.312. The average molecular weight is 360 g/mol. The number of anilines is 1. The van der Waals surface area contributed by atoms with Crippen LogP contribution in [0.5, 0.6) is 0 Å². The lowest BCUT2D eigenvalue weighted by Crippen LogP contribution is -2.43. The predicted octanol–water partition coefficient (Wildman–Crippen LogP) is 3.85. The van der Waals surface area contributed by atoms with Gasteiger partial charge in [0.25, 0.3) is 0 Å². The third-order valence-corrected chi connectivity index (χ3v) is 5.59. The lowest BCUT2D eigenvalue weighted by molar-refractivity contribution is 0.0500. The van der Waals surface area contributed by atoms with E-state index in [4.69, 9.17) is 11.6 Å². The van der Waals surface area contributed by atoms with Crippen LogP contribution in [0.3, 0.4) is 0 Å². The Morgan fingerprint density at radius 3 is 2.75 bits per heavy atom. The normalized spacial score (nSPS) is 17.6. The molecule has 0 atom stereocenters. The Bertz CT molecular complexity index is 907. The Kier molecular flexibility index (Phi) is 3.41. The van der Waals surface area contributed by atoms with Crippen molar-refractivity contribution in [1.82, 2.24) is 15.0 Å². The topological polar surface area (TPSA) is 63.5 Å². The van der Waals surface area contributed by atoms with E-state index in [1.807, 2.05) is 11.9 Å². The average Bonchev–Trinajstić information content (AvgIpc) is 3.07. The molecule has 0 aliphatic carbocycles. The highest BCUT2D eigenvalue weighted by atomic mass is 35.5. The summed E-state index contributed by atoms with van der Waals surface area (Å²) in [6.45, 7) is 7.38. The maximum absolute atomic E-state index is 12.9. The number of hydrogen-bond acceptors (Lipinski definition) is 5. The number of hydrogen-bond donors (Lipinski definition) is 0. The molecule has 8 heteroatoms. The molecule has 2 aliphatic rings. The molecule has 2 amide bonds. The van der Waals surface area contributed by atoms with Crippen LogP contribution in [0.25, 0.3) is 10.2 Å². The van der Waals surface area contributed by atoms with Crippen LogP contribution in [0, 0.1) is 18.3 Å². The van der Waals surface area contributed by atoms with Crippen LogP contribution in [0.1, 0.15) is 23.4 Å². The van der Waals surface area contributed by atoms with Crippen molar-refractivity contribution in [3.63, 3.8) is 0 Å². The fourth-order valence-corrected chi connectivity index (χ4v) is 4.41. The van der Waals surface area contributed by atoms with Gasteiger partial charge in [0.15, 0.2) is 0 Å². The number of thiazole rings is 1. The molecule has 0 N–H and O–H groups in total. The maximum Gasteiger partial charge on any atom is 0.349 e. The molecule has 2 fully saturated rings. The monoisotopic (exact) mass is 359 g/mol. The van der Waals surface area contributed by atoms with Crippen molar-refractivity contribution in [3.05, 3.63) is 34.1 Å². The molecule has 0 spiro atoms. The summed E-state index contributed by atoms with van der Waals surface area (Å²) >= 11 is 7.87.